The quantitative estimate of drug-likeness (QED) is 0.610. The summed E-state index contributed by atoms with van der Waals surface area (Å²) in [6.45, 7) is 1.78. The van der Waals surface area contributed by atoms with E-state index >= 15 is 0 Å². The summed E-state index contributed by atoms with van der Waals surface area (Å²) in [5, 5.41) is 0. The molecule has 0 unspecified atom stereocenters. The molecule has 1 aromatic rings. The number of piperidine rings is 1. The number of nitrogens with zero attached hydrogens (tertiary/aromatic N) is 3. The average molecular weight is 209 g/mol. The van der Waals surface area contributed by atoms with E-state index < -0.39 is 0 Å². The highest BCUT2D eigenvalue weighted by Crippen LogP contribution is 2.15. The summed E-state index contributed by atoms with van der Waals surface area (Å²) in [6.07, 6.45) is 4.94. The zero-order valence-electron chi connectivity index (χ0n) is 8.52. The van der Waals surface area contributed by atoms with Gasteiger partial charge in [-0.3, -0.25) is 4.79 Å². The first-order valence-corrected chi connectivity index (χ1v) is 5.07. The molecule has 1 aromatic heterocycles. The summed E-state index contributed by atoms with van der Waals surface area (Å²) in [6, 6.07) is 0. The zero-order valence-corrected chi connectivity index (χ0v) is 8.52. The lowest BCUT2D eigenvalue weighted by atomic mass is 10.1. The van der Waals surface area contributed by atoms with Gasteiger partial charge in [-0.2, -0.15) is 4.68 Å². The number of nitrogen functional groups attached to an aromatic ring is 2. The van der Waals surface area contributed by atoms with Gasteiger partial charge in [0.05, 0.1) is 6.20 Å². The van der Waals surface area contributed by atoms with Gasteiger partial charge in [0.2, 0.25) is 5.95 Å². The molecule has 0 aliphatic carbocycles. The molecule has 0 bridgehead atoms. The van der Waals surface area contributed by atoms with E-state index in [0.717, 1.165) is 30.6 Å². The summed E-state index contributed by atoms with van der Waals surface area (Å²) < 4.78 is 0.893. The topological polar surface area (TPSA) is 90.2 Å². The lowest BCUT2D eigenvalue weighted by Gasteiger charge is -2.27. The van der Waals surface area contributed by atoms with Crippen molar-refractivity contribution in [3.05, 3.63) is 16.6 Å². The number of nitrogens with two attached hydrogens (primary N) is 2. The maximum atomic E-state index is 11.8. The molecule has 0 spiro atoms. The Hall–Kier alpha value is -1.72. The SMILES string of the molecule is Nc1ncc(N2CCCCC2)c(=O)n1N. The van der Waals surface area contributed by atoms with Crippen LogP contribution in [0, 0.1) is 0 Å². The van der Waals surface area contributed by atoms with Crippen LogP contribution in [0.5, 0.6) is 0 Å². The normalized spacial score (nSPS) is 16.7. The van der Waals surface area contributed by atoms with Crippen molar-refractivity contribution in [2.24, 2.45) is 0 Å². The van der Waals surface area contributed by atoms with Crippen molar-refractivity contribution in [1.82, 2.24) is 9.66 Å². The van der Waals surface area contributed by atoms with Gasteiger partial charge in [0, 0.05) is 13.1 Å². The van der Waals surface area contributed by atoms with Crippen LogP contribution in [0.1, 0.15) is 19.3 Å². The average Bonchev–Trinajstić information content (AvgIpc) is 2.27. The number of anilines is 2. The third-order valence-electron chi connectivity index (χ3n) is 2.70. The van der Waals surface area contributed by atoms with Crippen LogP contribution in [-0.2, 0) is 0 Å². The molecule has 4 N–H and O–H groups in total. The van der Waals surface area contributed by atoms with E-state index in [9.17, 15) is 4.79 Å². The third-order valence-corrected chi connectivity index (χ3v) is 2.70. The second kappa shape index (κ2) is 3.80. The molecular weight excluding hydrogens is 194 g/mol. The molecule has 1 aliphatic heterocycles. The Balaban J connectivity index is 2.35. The van der Waals surface area contributed by atoms with E-state index in [0.29, 0.717) is 5.69 Å². The molecule has 1 saturated heterocycles. The number of hydrogen-bond donors (Lipinski definition) is 2. The lowest BCUT2D eigenvalue weighted by Crippen LogP contribution is -2.39. The van der Waals surface area contributed by atoms with Crippen LogP contribution in [0.2, 0.25) is 0 Å². The Morgan fingerprint density at radius 2 is 1.93 bits per heavy atom. The van der Waals surface area contributed by atoms with Crippen molar-refractivity contribution < 1.29 is 0 Å². The van der Waals surface area contributed by atoms with E-state index in [-0.39, 0.29) is 11.5 Å². The monoisotopic (exact) mass is 209 g/mol. The molecule has 6 nitrogen and oxygen atoms in total. The van der Waals surface area contributed by atoms with E-state index in [2.05, 4.69) is 4.98 Å². The largest absolute Gasteiger partial charge is 0.368 e. The molecule has 1 fully saturated rings. The Kier molecular flexibility index (Phi) is 2.49. The molecule has 0 radical (unpaired) electrons. The number of hydrogen-bond acceptors (Lipinski definition) is 5. The minimum absolute atomic E-state index is 0.0424. The lowest BCUT2D eigenvalue weighted by molar-refractivity contribution is 0.574. The first-order valence-electron chi connectivity index (χ1n) is 5.07. The van der Waals surface area contributed by atoms with Crippen molar-refractivity contribution in [3.63, 3.8) is 0 Å². The Morgan fingerprint density at radius 3 is 2.60 bits per heavy atom. The highest BCUT2D eigenvalue weighted by molar-refractivity contribution is 5.44. The van der Waals surface area contributed by atoms with Gasteiger partial charge in [0.15, 0.2) is 0 Å². The van der Waals surface area contributed by atoms with Crippen molar-refractivity contribution in [2.45, 2.75) is 19.3 Å². The van der Waals surface area contributed by atoms with Crippen molar-refractivity contribution in [1.29, 1.82) is 0 Å². The van der Waals surface area contributed by atoms with Crippen molar-refractivity contribution >= 4 is 11.6 Å². The summed E-state index contributed by atoms with van der Waals surface area (Å²) in [5.74, 6) is 5.52. The molecule has 2 rings (SSSR count). The first-order chi connectivity index (χ1) is 7.20. The zero-order chi connectivity index (χ0) is 10.8. The molecule has 0 amide bonds. The van der Waals surface area contributed by atoms with E-state index in [1.165, 1.54) is 12.6 Å². The van der Waals surface area contributed by atoms with E-state index in [4.69, 9.17) is 11.6 Å². The predicted octanol–water partition coefficient (Wildman–Crippen LogP) is -0.470. The van der Waals surface area contributed by atoms with Gasteiger partial charge < -0.3 is 16.5 Å². The fourth-order valence-corrected chi connectivity index (χ4v) is 1.82. The molecule has 82 valence electrons. The van der Waals surface area contributed by atoms with Gasteiger partial charge in [-0.1, -0.05) is 0 Å². The third kappa shape index (κ3) is 1.74. The van der Waals surface area contributed by atoms with Crippen molar-refractivity contribution in [3.8, 4) is 0 Å². The molecular formula is C9H15N5O. The predicted molar refractivity (Wildman–Crippen MR) is 59.1 cm³/mol. The van der Waals surface area contributed by atoms with Gasteiger partial charge in [-0.05, 0) is 19.3 Å². The van der Waals surface area contributed by atoms with Crippen LogP contribution in [0.15, 0.2) is 11.0 Å². The maximum absolute atomic E-state index is 11.8. The smallest absolute Gasteiger partial charge is 0.296 e. The molecule has 0 saturated carbocycles. The number of rotatable bonds is 1. The molecule has 0 atom stereocenters. The Labute approximate surface area is 87.5 Å². The van der Waals surface area contributed by atoms with Crippen LogP contribution < -0.4 is 22.0 Å². The van der Waals surface area contributed by atoms with Gasteiger partial charge >= 0.3 is 0 Å². The first kappa shape index (κ1) is 9.82. The maximum Gasteiger partial charge on any atom is 0.296 e. The van der Waals surface area contributed by atoms with Crippen LogP contribution >= 0.6 is 0 Å². The fourth-order valence-electron chi connectivity index (χ4n) is 1.82. The fraction of sp³-hybridized carbons (Fsp3) is 0.556. The molecule has 1 aliphatic rings. The van der Waals surface area contributed by atoms with Gasteiger partial charge in [0.1, 0.15) is 5.69 Å². The van der Waals surface area contributed by atoms with Crippen LogP contribution in [0.3, 0.4) is 0 Å². The Bertz CT molecular complexity index is 407. The highest BCUT2D eigenvalue weighted by Gasteiger charge is 2.15. The van der Waals surface area contributed by atoms with Gasteiger partial charge in [0.25, 0.3) is 5.56 Å². The van der Waals surface area contributed by atoms with Crippen LogP contribution in [0.25, 0.3) is 0 Å². The minimum Gasteiger partial charge on any atom is -0.368 e. The van der Waals surface area contributed by atoms with E-state index in [1.807, 2.05) is 4.90 Å². The van der Waals surface area contributed by atoms with Crippen LogP contribution in [-0.4, -0.2) is 22.7 Å². The summed E-state index contributed by atoms with van der Waals surface area (Å²) in [5.41, 5.74) is 5.70. The summed E-state index contributed by atoms with van der Waals surface area (Å²) in [4.78, 5) is 17.7. The summed E-state index contributed by atoms with van der Waals surface area (Å²) >= 11 is 0. The summed E-state index contributed by atoms with van der Waals surface area (Å²) in [7, 11) is 0. The van der Waals surface area contributed by atoms with Gasteiger partial charge in [-0.25, -0.2) is 4.98 Å². The molecule has 15 heavy (non-hydrogen) atoms. The Morgan fingerprint density at radius 1 is 1.27 bits per heavy atom. The second-order valence-electron chi connectivity index (χ2n) is 3.72. The van der Waals surface area contributed by atoms with Crippen molar-refractivity contribution in [2.75, 3.05) is 29.6 Å². The molecule has 2 heterocycles. The highest BCUT2D eigenvalue weighted by atomic mass is 16.1. The van der Waals surface area contributed by atoms with Gasteiger partial charge in [-0.15, -0.1) is 0 Å². The molecule has 0 aromatic carbocycles. The molecule has 6 heteroatoms. The standard InChI is InChI=1S/C9H15N5O/c10-9-12-6-7(8(15)14(9)11)13-4-2-1-3-5-13/h6H,1-5,11H2,(H2,10,12). The number of aromatic nitrogens is 2. The van der Waals surface area contributed by atoms with Crippen LogP contribution in [0.4, 0.5) is 11.6 Å². The minimum atomic E-state index is -0.274. The second-order valence-corrected chi connectivity index (χ2v) is 3.72. The van der Waals surface area contributed by atoms with E-state index in [1.54, 1.807) is 0 Å².